The average Bonchev–Trinajstić information content (AvgIpc) is 3.19. The summed E-state index contributed by atoms with van der Waals surface area (Å²) in [6.07, 6.45) is 63.8. The van der Waals surface area contributed by atoms with Gasteiger partial charge in [0.05, 0.1) is 18.8 Å². The maximum Gasteiger partial charge on any atom is 0.220 e. The van der Waals surface area contributed by atoms with Gasteiger partial charge in [-0.25, -0.2) is 0 Å². The Bertz CT molecular complexity index is 877. The average molecular weight is 770 g/mol. The van der Waals surface area contributed by atoms with Crippen LogP contribution in [0.2, 0.25) is 0 Å². The molecule has 2 atom stereocenters. The van der Waals surface area contributed by atoms with Crippen molar-refractivity contribution in [2.75, 3.05) is 6.61 Å². The Labute approximate surface area is 344 Å². The summed E-state index contributed by atoms with van der Waals surface area (Å²) in [5.41, 5.74) is 0. The molecule has 0 aromatic heterocycles. The van der Waals surface area contributed by atoms with Gasteiger partial charge < -0.3 is 15.5 Å². The molecule has 0 heterocycles. The van der Waals surface area contributed by atoms with Gasteiger partial charge in [0.25, 0.3) is 0 Å². The molecule has 0 saturated heterocycles. The lowest BCUT2D eigenvalue weighted by Crippen LogP contribution is -2.45. The Morgan fingerprint density at radius 1 is 0.418 bits per heavy atom. The molecule has 1 amide bonds. The number of hydrogen-bond acceptors (Lipinski definition) is 3. The Kier molecular flexibility index (Phi) is 45.3. The number of aliphatic hydroxyl groups excluding tert-OH is 2. The zero-order chi connectivity index (χ0) is 40.0. The second kappa shape index (κ2) is 46.7. The lowest BCUT2D eigenvalue weighted by Gasteiger charge is -2.19. The van der Waals surface area contributed by atoms with Crippen molar-refractivity contribution in [2.24, 2.45) is 0 Å². The van der Waals surface area contributed by atoms with Crippen LogP contribution in [0.3, 0.4) is 0 Å². The molecular weight excluding hydrogens is 675 g/mol. The summed E-state index contributed by atoms with van der Waals surface area (Å²) in [6.45, 7) is 4.30. The van der Waals surface area contributed by atoms with E-state index in [1.807, 2.05) is 6.08 Å². The minimum atomic E-state index is -0.871. The van der Waals surface area contributed by atoms with Crippen LogP contribution in [-0.4, -0.2) is 34.9 Å². The number of allylic oxidation sites excluding steroid dienone is 7. The number of carbonyl (C=O) groups is 1. The van der Waals surface area contributed by atoms with E-state index in [0.29, 0.717) is 6.42 Å². The molecule has 0 rings (SSSR count). The number of nitrogens with one attached hydrogen (secondary N) is 1. The highest BCUT2D eigenvalue weighted by atomic mass is 16.3. The fourth-order valence-corrected chi connectivity index (χ4v) is 7.26. The van der Waals surface area contributed by atoms with Crippen LogP contribution in [0, 0.1) is 0 Å². The number of rotatable bonds is 44. The molecule has 4 nitrogen and oxygen atoms in total. The van der Waals surface area contributed by atoms with E-state index in [9.17, 15) is 15.0 Å². The molecule has 0 saturated carbocycles. The lowest BCUT2D eigenvalue weighted by atomic mass is 10.0. The van der Waals surface area contributed by atoms with Gasteiger partial charge in [-0.2, -0.15) is 0 Å². The van der Waals surface area contributed by atoms with Gasteiger partial charge >= 0.3 is 0 Å². The van der Waals surface area contributed by atoms with Gasteiger partial charge in [0, 0.05) is 6.42 Å². The van der Waals surface area contributed by atoms with E-state index in [1.165, 1.54) is 193 Å². The first-order valence-electron chi connectivity index (χ1n) is 24.4. The van der Waals surface area contributed by atoms with Crippen molar-refractivity contribution in [3.05, 3.63) is 48.6 Å². The molecule has 2 unspecified atom stereocenters. The molecule has 0 fully saturated rings. The molecule has 0 bridgehead atoms. The van der Waals surface area contributed by atoms with Crippen LogP contribution in [0.25, 0.3) is 0 Å². The molecule has 0 aliphatic carbocycles. The van der Waals surface area contributed by atoms with Crippen molar-refractivity contribution in [1.29, 1.82) is 0 Å². The second-order valence-electron chi connectivity index (χ2n) is 16.5. The summed E-state index contributed by atoms with van der Waals surface area (Å²) in [5, 5.41) is 23.0. The van der Waals surface area contributed by atoms with Gasteiger partial charge in [0.2, 0.25) is 5.91 Å². The van der Waals surface area contributed by atoms with Crippen molar-refractivity contribution >= 4 is 5.91 Å². The summed E-state index contributed by atoms with van der Waals surface area (Å²) >= 11 is 0. The molecule has 0 radical (unpaired) electrons. The monoisotopic (exact) mass is 770 g/mol. The predicted molar refractivity (Wildman–Crippen MR) is 244 cm³/mol. The number of hydrogen-bond donors (Lipinski definition) is 3. The van der Waals surface area contributed by atoms with Crippen molar-refractivity contribution in [2.45, 2.75) is 264 Å². The maximum absolute atomic E-state index is 12.4. The zero-order valence-electron chi connectivity index (χ0n) is 36.9. The summed E-state index contributed by atoms with van der Waals surface area (Å²) in [6, 6.07) is -0.647. The number of unbranched alkanes of at least 4 members (excludes halogenated alkanes) is 31. The Morgan fingerprint density at radius 3 is 1.05 bits per heavy atom. The third-order valence-corrected chi connectivity index (χ3v) is 11.0. The standard InChI is InChI=1S/C51H95NO3/c1-3-5-7-9-11-13-15-17-19-21-23-25-27-28-30-32-34-36-38-40-42-44-46-50(54)49(48-53)52-51(55)47-45-43-41-39-37-35-33-31-29-26-24-22-20-18-16-14-12-10-8-6-4-2/h22,24,28,30,36,38,44,46,49-50,53-54H,3-21,23,25-27,29,31-35,37,39-43,45,47-48H2,1-2H3,(H,52,55)/b24-22-,30-28+,38-36+,46-44+. The van der Waals surface area contributed by atoms with Gasteiger partial charge in [0.15, 0.2) is 0 Å². The van der Waals surface area contributed by atoms with Gasteiger partial charge in [-0.3, -0.25) is 4.79 Å². The number of amides is 1. The Balaban J connectivity index is 3.61. The fourth-order valence-electron chi connectivity index (χ4n) is 7.26. The smallest absolute Gasteiger partial charge is 0.220 e. The van der Waals surface area contributed by atoms with Gasteiger partial charge in [0.1, 0.15) is 0 Å². The first kappa shape index (κ1) is 53.4. The summed E-state index contributed by atoms with van der Waals surface area (Å²) < 4.78 is 0. The highest BCUT2D eigenvalue weighted by Gasteiger charge is 2.17. The minimum Gasteiger partial charge on any atom is -0.394 e. The zero-order valence-corrected chi connectivity index (χ0v) is 36.9. The predicted octanol–water partition coefficient (Wildman–Crippen LogP) is 15.5. The Morgan fingerprint density at radius 2 is 0.709 bits per heavy atom. The van der Waals surface area contributed by atoms with Crippen molar-refractivity contribution in [3.8, 4) is 0 Å². The summed E-state index contributed by atoms with van der Waals surface area (Å²) in [4.78, 5) is 12.4. The van der Waals surface area contributed by atoms with E-state index in [0.717, 1.165) is 38.5 Å². The van der Waals surface area contributed by atoms with Crippen LogP contribution < -0.4 is 5.32 Å². The molecule has 0 aliphatic heterocycles. The van der Waals surface area contributed by atoms with Crippen molar-refractivity contribution in [1.82, 2.24) is 5.32 Å². The van der Waals surface area contributed by atoms with Gasteiger partial charge in [-0.15, -0.1) is 0 Å². The second-order valence-corrected chi connectivity index (χ2v) is 16.5. The van der Waals surface area contributed by atoms with Crippen LogP contribution in [0.4, 0.5) is 0 Å². The van der Waals surface area contributed by atoms with E-state index in [1.54, 1.807) is 6.08 Å². The van der Waals surface area contributed by atoms with E-state index in [-0.39, 0.29) is 12.5 Å². The third-order valence-electron chi connectivity index (χ3n) is 11.0. The molecule has 0 spiro atoms. The quantitative estimate of drug-likeness (QED) is 0.0427. The van der Waals surface area contributed by atoms with Crippen molar-refractivity contribution < 1.29 is 15.0 Å². The topological polar surface area (TPSA) is 69.6 Å². The molecule has 3 N–H and O–H groups in total. The number of aliphatic hydroxyl groups is 2. The largest absolute Gasteiger partial charge is 0.394 e. The highest BCUT2D eigenvalue weighted by molar-refractivity contribution is 5.76. The van der Waals surface area contributed by atoms with Gasteiger partial charge in [-0.1, -0.05) is 223 Å². The molecule has 0 aromatic carbocycles. The van der Waals surface area contributed by atoms with Crippen LogP contribution in [-0.2, 0) is 4.79 Å². The third kappa shape index (κ3) is 43.3. The molecular formula is C51H95NO3. The fraction of sp³-hybridized carbons (Fsp3) is 0.824. The van der Waals surface area contributed by atoms with Crippen LogP contribution >= 0.6 is 0 Å². The molecule has 0 aliphatic rings. The van der Waals surface area contributed by atoms with Crippen LogP contribution in [0.1, 0.15) is 251 Å². The van der Waals surface area contributed by atoms with Crippen molar-refractivity contribution in [3.63, 3.8) is 0 Å². The summed E-state index contributed by atoms with van der Waals surface area (Å²) in [5.74, 6) is -0.0792. The molecule has 0 aromatic rings. The van der Waals surface area contributed by atoms with Crippen LogP contribution in [0.5, 0.6) is 0 Å². The first-order chi connectivity index (χ1) is 27.2. The SMILES string of the molecule is CCCCCCCCCC/C=C\CCCCCCCCCCCC(=O)NC(CO)C(O)/C=C/CC/C=C/CC/C=C/CCCCCCCCCCCCCC. The maximum atomic E-state index is 12.4. The first-order valence-corrected chi connectivity index (χ1v) is 24.4. The number of carbonyl (C=O) groups excluding carboxylic acids is 1. The van der Waals surface area contributed by atoms with E-state index >= 15 is 0 Å². The van der Waals surface area contributed by atoms with E-state index in [2.05, 4.69) is 55.6 Å². The molecule has 4 heteroatoms. The summed E-state index contributed by atoms with van der Waals surface area (Å²) in [7, 11) is 0. The van der Waals surface area contributed by atoms with E-state index < -0.39 is 12.1 Å². The van der Waals surface area contributed by atoms with Gasteiger partial charge in [-0.05, 0) is 70.6 Å². The lowest BCUT2D eigenvalue weighted by molar-refractivity contribution is -0.123. The van der Waals surface area contributed by atoms with Crippen LogP contribution in [0.15, 0.2) is 48.6 Å². The molecule has 55 heavy (non-hydrogen) atoms. The Hall–Kier alpha value is -1.65. The highest BCUT2D eigenvalue weighted by Crippen LogP contribution is 2.15. The van der Waals surface area contributed by atoms with E-state index in [4.69, 9.17) is 0 Å². The normalized spacial score (nSPS) is 13.3. The molecule has 322 valence electrons. The minimum absolute atomic E-state index is 0.0792.